The van der Waals surface area contributed by atoms with E-state index in [2.05, 4.69) is 206 Å². The van der Waals surface area contributed by atoms with Gasteiger partial charge in [-0.05, 0) is 111 Å². The first-order chi connectivity index (χ1) is 27.1. The van der Waals surface area contributed by atoms with Gasteiger partial charge in [0.15, 0.2) is 0 Å². The highest BCUT2D eigenvalue weighted by Crippen LogP contribution is 2.42. The van der Waals surface area contributed by atoms with Gasteiger partial charge in [-0.15, -0.1) is 0 Å². The van der Waals surface area contributed by atoms with Gasteiger partial charge in [0.05, 0.1) is 5.69 Å². The van der Waals surface area contributed by atoms with Gasteiger partial charge in [0.25, 0.3) is 0 Å². The second-order valence-electron chi connectivity index (χ2n) is 13.8. The summed E-state index contributed by atoms with van der Waals surface area (Å²) in [5.74, 6) is 0. The molecule has 0 atom stereocenters. The maximum absolute atomic E-state index is 3.84. The molecule has 2 heteroatoms. The summed E-state index contributed by atoms with van der Waals surface area (Å²) in [5, 5.41) is 7.50. The van der Waals surface area contributed by atoms with Crippen LogP contribution in [0.25, 0.3) is 55.6 Å². The molecule has 1 aliphatic rings. The van der Waals surface area contributed by atoms with E-state index in [9.17, 15) is 0 Å². The van der Waals surface area contributed by atoms with Gasteiger partial charge in [-0.3, -0.25) is 0 Å². The van der Waals surface area contributed by atoms with Crippen LogP contribution < -0.4 is 9.80 Å². The van der Waals surface area contributed by atoms with Gasteiger partial charge in [0, 0.05) is 35.2 Å². The van der Waals surface area contributed by atoms with Crippen LogP contribution in [0.1, 0.15) is 24.0 Å². The fourth-order valence-corrected chi connectivity index (χ4v) is 7.64. The van der Waals surface area contributed by atoms with E-state index in [1.807, 2.05) is 24.3 Å². The minimum absolute atomic E-state index is 1.10. The highest BCUT2D eigenvalue weighted by molar-refractivity contribution is 6.14. The molecule has 266 valence electrons. The lowest BCUT2D eigenvalue weighted by molar-refractivity contribution is 0.984. The van der Waals surface area contributed by atoms with Crippen LogP contribution in [0.5, 0.6) is 0 Å². The van der Waals surface area contributed by atoms with E-state index in [-0.39, 0.29) is 0 Å². The van der Waals surface area contributed by atoms with Crippen molar-refractivity contribution in [2.24, 2.45) is 0 Å². The molecule has 0 saturated carbocycles. The highest BCUT2D eigenvalue weighted by atomic mass is 15.1. The Morgan fingerprint density at radius 2 is 1.15 bits per heavy atom. The number of benzene rings is 8. The van der Waals surface area contributed by atoms with Crippen LogP contribution in [-0.4, -0.2) is 7.05 Å². The number of anilines is 4. The van der Waals surface area contributed by atoms with Crippen LogP contribution >= 0.6 is 0 Å². The van der Waals surface area contributed by atoms with Crippen molar-refractivity contribution in [1.82, 2.24) is 0 Å². The Hall–Kier alpha value is -6.90. The van der Waals surface area contributed by atoms with Gasteiger partial charge in [-0.2, -0.15) is 0 Å². The lowest BCUT2D eigenvalue weighted by Crippen LogP contribution is -2.15. The number of hydrogen-bond acceptors (Lipinski definition) is 2. The van der Waals surface area contributed by atoms with Crippen LogP contribution in [0.4, 0.5) is 22.7 Å². The molecule has 55 heavy (non-hydrogen) atoms. The number of para-hydroxylation sites is 1. The fraction of sp³-hybridized carbons (Fsp3) is 0.0566. The molecule has 0 radical (unpaired) electrons. The van der Waals surface area contributed by atoms with Gasteiger partial charge >= 0.3 is 0 Å². The SMILES string of the molecule is C=Cc1ccc2ccccc2c1C=C.CN(C1=CCCC=C1)c1cccc(-c2ccc(N(c3ccccc3)c3cc4ccccc4c4ccccc34)cc2)c1. The molecule has 1 aliphatic carbocycles. The number of nitrogens with zero attached hydrogens (tertiary/aromatic N) is 2. The predicted molar refractivity (Wildman–Crippen MR) is 241 cm³/mol. The van der Waals surface area contributed by atoms with Crippen molar-refractivity contribution in [2.45, 2.75) is 12.8 Å². The molecular weight excluding hydrogens is 665 g/mol. The summed E-state index contributed by atoms with van der Waals surface area (Å²) in [7, 11) is 2.15. The number of hydrogen-bond donors (Lipinski definition) is 0. The molecule has 0 amide bonds. The lowest BCUT2D eigenvalue weighted by atomic mass is 9.98. The first kappa shape index (κ1) is 35.1. The average molecular weight is 709 g/mol. The molecule has 0 saturated heterocycles. The van der Waals surface area contributed by atoms with Crippen LogP contribution in [-0.2, 0) is 0 Å². The quantitative estimate of drug-likeness (QED) is 0.145. The molecule has 9 rings (SSSR count). The Balaban J connectivity index is 0.000000256. The summed E-state index contributed by atoms with van der Waals surface area (Å²) in [6.45, 7) is 7.64. The van der Waals surface area contributed by atoms with Crippen molar-refractivity contribution in [3.63, 3.8) is 0 Å². The van der Waals surface area contributed by atoms with Crippen LogP contribution in [0.3, 0.4) is 0 Å². The van der Waals surface area contributed by atoms with Gasteiger partial charge in [-0.1, -0.05) is 165 Å². The van der Waals surface area contributed by atoms with E-state index in [1.54, 1.807) is 0 Å². The van der Waals surface area contributed by atoms with Gasteiger partial charge in [0.1, 0.15) is 0 Å². The summed E-state index contributed by atoms with van der Waals surface area (Å²) in [6.07, 6.45) is 12.8. The van der Waals surface area contributed by atoms with Gasteiger partial charge < -0.3 is 9.80 Å². The monoisotopic (exact) mass is 708 g/mol. The van der Waals surface area contributed by atoms with Crippen LogP contribution in [0.15, 0.2) is 207 Å². The van der Waals surface area contributed by atoms with Crippen LogP contribution in [0.2, 0.25) is 0 Å². The Bertz CT molecular complexity index is 2700. The predicted octanol–water partition coefficient (Wildman–Crippen LogP) is 14.9. The topological polar surface area (TPSA) is 6.48 Å². The van der Waals surface area contributed by atoms with E-state index in [0.717, 1.165) is 35.3 Å². The molecule has 0 unspecified atom stereocenters. The third kappa shape index (κ3) is 7.23. The zero-order chi connectivity index (χ0) is 37.6. The summed E-state index contributed by atoms with van der Waals surface area (Å²) in [6, 6.07) is 60.7. The summed E-state index contributed by atoms with van der Waals surface area (Å²) < 4.78 is 0. The van der Waals surface area contributed by atoms with Crippen molar-refractivity contribution in [3.05, 3.63) is 218 Å². The molecular formula is C53H44N2. The Kier molecular flexibility index (Phi) is 10.2. The maximum atomic E-state index is 3.84. The van der Waals surface area contributed by atoms with Crippen LogP contribution in [0, 0.1) is 0 Å². The van der Waals surface area contributed by atoms with Crippen molar-refractivity contribution in [3.8, 4) is 11.1 Å². The molecule has 0 heterocycles. The summed E-state index contributed by atoms with van der Waals surface area (Å²) in [4.78, 5) is 4.65. The Morgan fingerprint density at radius 1 is 0.491 bits per heavy atom. The average Bonchev–Trinajstić information content (AvgIpc) is 3.27. The molecule has 0 N–H and O–H groups in total. The van der Waals surface area contributed by atoms with E-state index in [4.69, 9.17) is 0 Å². The van der Waals surface area contributed by atoms with Gasteiger partial charge in [-0.25, -0.2) is 0 Å². The van der Waals surface area contributed by atoms with Gasteiger partial charge in [0.2, 0.25) is 0 Å². The lowest BCUT2D eigenvalue weighted by Gasteiger charge is -2.28. The zero-order valence-corrected chi connectivity index (χ0v) is 31.3. The molecule has 0 aliphatic heterocycles. The highest BCUT2D eigenvalue weighted by Gasteiger charge is 2.17. The third-order valence-corrected chi connectivity index (χ3v) is 10.5. The molecule has 8 aromatic rings. The summed E-state index contributed by atoms with van der Waals surface area (Å²) >= 11 is 0. The molecule has 8 aromatic carbocycles. The molecule has 0 aromatic heterocycles. The molecule has 0 spiro atoms. The molecule has 0 bridgehead atoms. The Morgan fingerprint density at radius 3 is 1.87 bits per heavy atom. The third-order valence-electron chi connectivity index (χ3n) is 10.5. The molecule has 2 nitrogen and oxygen atoms in total. The van der Waals surface area contributed by atoms with E-state index in [0.29, 0.717) is 0 Å². The second-order valence-corrected chi connectivity index (χ2v) is 13.8. The van der Waals surface area contributed by atoms with Crippen molar-refractivity contribution in [1.29, 1.82) is 0 Å². The number of fused-ring (bicyclic) bond motifs is 4. The summed E-state index contributed by atoms with van der Waals surface area (Å²) in [5.41, 5.74) is 10.6. The molecule has 0 fully saturated rings. The van der Waals surface area contributed by atoms with Crippen molar-refractivity contribution in [2.75, 3.05) is 16.8 Å². The van der Waals surface area contributed by atoms with Crippen molar-refractivity contribution < 1.29 is 0 Å². The second kappa shape index (κ2) is 16.0. The van der Waals surface area contributed by atoms with E-state index >= 15 is 0 Å². The standard InChI is InChI=1S/C39H32N2.C14H12/c1-40(32-15-4-2-5-16-32)35-19-12-14-30(27-35)29-23-25-34(26-24-29)41(33-17-6-3-7-18-33)39-28-31-13-8-9-20-36(31)37-21-10-11-22-38(37)39;1-3-11-9-10-12-7-5-6-8-14(12)13(11)4-2/h3-4,6-28H,2,5H2,1H3;3-10H,1-2H2. The number of allylic oxidation sites excluding steroid dienone is 3. The normalized spacial score (nSPS) is 12.1. The minimum atomic E-state index is 1.10. The first-order valence-electron chi connectivity index (χ1n) is 19.0. The smallest absolute Gasteiger partial charge is 0.0546 e. The maximum Gasteiger partial charge on any atom is 0.0546 e. The fourth-order valence-electron chi connectivity index (χ4n) is 7.64. The Labute approximate surface area is 324 Å². The first-order valence-corrected chi connectivity index (χ1v) is 19.0. The van der Waals surface area contributed by atoms with E-state index in [1.165, 1.54) is 60.5 Å². The zero-order valence-electron chi connectivity index (χ0n) is 31.3. The van der Waals surface area contributed by atoms with E-state index < -0.39 is 0 Å². The van der Waals surface area contributed by atoms with Crippen molar-refractivity contribution >= 4 is 67.2 Å². The largest absolute Gasteiger partial charge is 0.345 e. The number of likely N-dealkylation sites (N-methyl/N-ethyl adjacent to an activating group) is 1. The number of rotatable bonds is 8. The minimum Gasteiger partial charge on any atom is -0.345 e.